The van der Waals surface area contributed by atoms with Gasteiger partial charge in [-0.25, -0.2) is 0 Å². The van der Waals surface area contributed by atoms with E-state index in [9.17, 15) is 4.79 Å². The molecule has 4 rings (SSSR count). The van der Waals surface area contributed by atoms with Gasteiger partial charge in [0, 0.05) is 10.5 Å². The van der Waals surface area contributed by atoms with Gasteiger partial charge in [-0.1, -0.05) is 24.3 Å². The van der Waals surface area contributed by atoms with Crippen LogP contribution in [0.15, 0.2) is 57.8 Å². The van der Waals surface area contributed by atoms with E-state index in [4.69, 9.17) is 9.15 Å². The number of ether oxygens (including phenoxy) is 1. The smallest absolute Gasteiger partial charge is 0.317 e. The first-order valence-corrected chi connectivity index (χ1v) is 10.0. The lowest BCUT2D eigenvalue weighted by molar-refractivity contribution is -0.146. The van der Waals surface area contributed by atoms with E-state index in [0.717, 1.165) is 23.3 Å². The maximum atomic E-state index is 12.2. The first-order chi connectivity index (χ1) is 13.2. The highest BCUT2D eigenvalue weighted by Crippen LogP contribution is 2.28. The molecule has 2 aromatic carbocycles. The van der Waals surface area contributed by atoms with E-state index in [1.807, 2.05) is 30.3 Å². The number of carbonyl (C=O) groups is 1. The van der Waals surface area contributed by atoms with Crippen LogP contribution in [0, 0.1) is 0 Å². The largest absolute Gasteiger partial charge is 0.452 e. The molecule has 0 N–H and O–H groups in total. The minimum Gasteiger partial charge on any atom is -0.452 e. The number of aryl methyl sites for hydroxylation is 2. The number of aromatic nitrogens is 2. The fourth-order valence-corrected chi connectivity index (χ4v) is 3.90. The molecule has 138 valence electrons. The van der Waals surface area contributed by atoms with E-state index < -0.39 is 6.10 Å². The topological polar surface area (TPSA) is 65.2 Å². The van der Waals surface area contributed by atoms with Crippen molar-refractivity contribution in [3.63, 3.8) is 0 Å². The molecule has 1 heterocycles. The fourth-order valence-electron chi connectivity index (χ4n) is 3.16. The van der Waals surface area contributed by atoms with Crippen LogP contribution in [0.1, 0.15) is 36.5 Å². The lowest BCUT2D eigenvalue weighted by atomic mass is 10.1. The van der Waals surface area contributed by atoms with Crippen molar-refractivity contribution in [1.82, 2.24) is 10.2 Å². The van der Waals surface area contributed by atoms with E-state index in [2.05, 4.69) is 28.4 Å². The van der Waals surface area contributed by atoms with Crippen molar-refractivity contribution in [1.29, 1.82) is 0 Å². The molecule has 0 saturated carbocycles. The number of fused-ring (bicyclic) bond motifs is 1. The molecular weight excluding hydrogens is 360 g/mol. The zero-order chi connectivity index (χ0) is 18.6. The van der Waals surface area contributed by atoms with Gasteiger partial charge in [-0.2, -0.15) is 0 Å². The summed E-state index contributed by atoms with van der Waals surface area (Å²) < 4.78 is 11.1. The monoisotopic (exact) mass is 380 g/mol. The number of carbonyl (C=O) groups excluding carboxylic acids is 1. The van der Waals surface area contributed by atoms with E-state index in [1.165, 1.54) is 29.3 Å². The minimum absolute atomic E-state index is 0.253. The minimum atomic E-state index is -0.580. The van der Waals surface area contributed by atoms with Gasteiger partial charge in [0.2, 0.25) is 5.89 Å². The van der Waals surface area contributed by atoms with Crippen LogP contribution < -0.4 is 0 Å². The van der Waals surface area contributed by atoms with Crippen molar-refractivity contribution < 1.29 is 13.9 Å². The third kappa shape index (κ3) is 4.22. The van der Waals surface area contributed by atoms with Crippen molar-refractivity contribution in [2.45, 2.75) is 37.2 Å². The van der Waals surface area contributed by atoms with Crippen molar-refractivity contribution in [3.8, 4) is 11.5 Å². The molecule has 27 heavy (non-hydrogen) atoms. The zero-order valence-electron chi connectivity index (χ0n) is 15.1. The number of benzene rings is 2. The molecule has 1 aliphatic rings. The highest BCUT2D eigenvalue weighted by atomic mass is 32.2. The predicted molar refractivity (Wildman–Crippen MR) is 103 cm³/mol. The number of nitrogens with zero attached hydrogens (tertiary/aromatic N) is 2. The summed E-state index contributed by atoms with van der Waals surface area (Å²) in [5, 5.41) is 8.03. The molecule has 0 fully saturated rings. The number of hydrogen-bond donors (Lipinski definition) is 0. The van der Waals surface area contributed by atoms with Crippen molar-refractivity contribution in [2.75, 3.05) is 5.75 Å². The maximum Gasteiger partial charge on any atom is 0.317 e. The Morgan fingerprint density at radius 1 is 1.15 bits per heavy atom. The summed E-state index contributed by atoms with van der Waals surface area (Å²) >= 11 is 1.49. The second kappa shape index (κ2) is 7.96. The second-order valence-electron chi connectivity index (χ2n) is 6.52. The molecule has 1 atom stereocenters. The molecule has 0 radical (unpaired) electrons. The van der Waals surface area contributed by atoms with Crippen LogP contribution in [0.2, 0.25) is 0 Å². The van der Waals surface area contributed by atoms with Gasteiger partial charge < -0.3 is 9.15 Å². The normalized spacial score (nSPS) is 14.0. The number of rotatable bonds is 6. The van der Waals surface area contributed by atoms with E-state index in [-0.39, 0.29) is 11.7 Å². The molecular formula is C21H20N2O3S. The van der Waals surface area contributed by atoms with Gasteiger partial charge in [-0.15, -0.1) is 22.0 Å². The zero-order valence-corrected chi connectivity index (χ0v) is 15.9. The SMILES string of the molecule is C[C@H](OC(=O)CSc1ccc2c(c1)CCC2)c1nnc(-c2ccccc2)o1. The molecule has 0 saturated heterocycles. The maximum absolute atomic E-state index is 12.2. The third-order valence-electron chi connectivity index (χ3n) is 4.54. The molecule has 0 aliphatic heterocycles. The Morgan fingerprint density at radius 2 is 1.96 bits per heavy atom. The van der Waals surface area contributed by atoms with Gasteiger partial charge in [0.15, 0.2) is 6.10 Å². The van der Waals surface area contributed by atoms with Gasteiger partial charge in [-0.05, 0) is 61.6 Å². The molecule has 0 bridgehead atoms. The average Bonchev–Trinajstić information content (AvgIpc) is 3.36. The second-order valence-corrected chi connectivity index (χ2v) is 7.57. The van der Waals surface area contributed by atoms with E-state index in [0.29, 0.717) is 11.8 Å². The lowest BCUT2D eigenvalue weighted by Crippen LogP contribution is -2.11. The Morgan fingerprint density at radius 3 is 2.81 bits per heavy atom. The van der Waals surface area contributed by atoms with Crippen LogP contribution in [-0.4, -0.2) is 21.9 Å². The third-order valence-corrected chi connectivity index (χ3v) is 5.51. The summed E-state index contributed by atoms with van der Waals surface area (Å²) in [4.78, 5) is 13.3. The molecule has 0 amide bonds. The highest BCUT2D eigenvalue weighted by molar-refractivity contribution is 8.00. The fraction of sp³-hybridized carbons (Fsp3) is 0.286. The molecule has 1 aliphatic carbocycles. The van der Waals surface area contributed by atoms with Crippen molar-refractivity contribution in [2.24, 2.45) is 0 Å². The summed E-state index contributed by atoms with van der Waals surface area (Å²) in [6, 6.07) is 15.9. The van der Waals surface area contributed by atoms with Gasteiger partial charge in [0.1, 0.15) is 0 Å². The Hall–Kier alpha value is -2.60. The standard InChI is InChI=1S/C21H20N2O3S/c1-14(20-22-23-21(26-20)16-6-3-2-4-7-16)25-19(24)13-27-18-11-10-15-8-5-9-17(15)12-18/h2-4,6-7,10-12,14H,5,8-9,13H2,1H3/t14-/m0/s1. The van der Waals surface area contributed by atoms with Crippen LogP contribution in [0.5, 0.6) is 0 Å². The highest BCUT2D eigenvalue weighted by Gasteiger charge is 2.19. The Balaban J connectivity index is 1.32. The van der Waals surface area contributed by atoms with Crippen LogP contribution >= 0.6 is 11.8 Å². The van der Waals surface area contributed by atoms with Crippen LogP contribution in [0.25, 0.3) is 11.5 Å². The number of esters is 1. The molecule has 6 heteroatoms. The molecule has 3 aromatic rings. The van der Waals surface area contributed by atoms with Crippen LogP contribution in [0.4, 0.5) is 0 Å². The first-order valence-electron chi connectivity index (χ1n) is 9.02. The molecule has 0 unspecified atom stereocenters. The van der Waals surface area contributed by atoms with Crippen molar-refractivity contribution >= 4 is 17.7 Å². The summed E-state index contributed by atoms with van der Waals surface area (Å²) in [6.45, 7) is 1.74. The Labute approximate surface area is 162 Å². The molecule has 5 nitrogen and oxygen atoms in total. The first kappa shape index (κ1) is 17.8. The Bertz CT molecular complexity index is 940. The van der Waals surface area contributed by atoms with Crippen LogP contribution in [0.3, 0.4) is 0 Å². The molecule has 0 spiro atoms. The summed E-state index contributed by atoms with van der Waals surface area (Å²) in [5.74, 6) is 0.668. The van der Waals surface area contributed by atoms with Gasteiger partial charge in [-0.3, -0.25) is 4.79 Å². The van der Waals surface area contributed by atoms with E-state index in [1.54, 1.807) is 6.92 Å². The van der Waals surface area contributed by atoms with Gasteiger partial charge in [0.05, 0.1) is 5.75 Å². The summed E-state index contributed by atoms with van der Waals surface area (Å²) in [7, 11) is 0. The van der Waals surface area contributed by atoms with E-state index >= 15 is 0 Å². The van der Waals surface area contributed by atoms with Gasteiger partial charge in [0.25, 0.3) is 5.89 Å². The summed E-state index contributed by atoms with van der Waals surface area (Å²) in [5.41, 5.74) is 3.67. The number of thioether (sulfide) groups is 1. The van der Waals surface area contributed by atoms with Gasteiger partial charge >= 0.3 is 5.97 Å². The quantitative estimate of drug-likeness (QED) is 0.459. The Kier molecular flexibility index (Phi) is 5.25. The van der Waals surface area contributed by atoms with Crippen molar-refractivity contribution in [3.05, 3.63) is 65.5 Å². The summed E-state index contributed by atoms with van der Waals surface area (Å²) in [6.07, 6.45) is 2.93. The predicted octanol–water partition coefficient (Wildman–Crippen LogP) is 4.62. The van der Waals surface area contributed by atoms with Crippen LogP contribution in [-0.2, 0) is 22.4 Å². The molecule has 1 aromatic heterocycles. The average molecular weight is 380 g/mol. The lowest BCUT2D eigenvalue weighted by Gasteiger charge is -2.09. The number of hydrogen-bond acceptors (Lipinski definition) is 6.